The Bertz CT molecular complexity index is 1030. The summed E-state index contributed by atoms with van der Waals surface area (Å²) in [7, 11) is 0. The fraction of sp³-hybridized carbons (Fsp3) is 0.143. The molecule has 0 radical (unpaired) electrons. The standard InChI is InChI=1S/C21H19IN4O/c1-3-12-26-15(2)19(18-6-4-5-7-20(18)26)13-24-25-21(27)14-23-17-10-8-16(22)9-11-17/h1,4-11,13,23H,12,14H2,2H3,(H,25,27)/b24-13-. The summed E-state index contributed by atoms with van der Waals surface area (Å²) >= 11 is 2.24. The van der Waals surface area contributed by atoms with E-state index >= 15 is 0 Å². The maximum atomic E-state index is 12.0. The summed E-state index contributed by atoms with van der Waals surface area (Å²) in [6.07, 6.45) is 7.16. The largest absolute Gasteiger partial charge is 0.376 e. The Balaban J connectivity index is 1.67. The van der Waals surface area contributed by atoms with E-state index in [1.165, 1.54) is 0 Å². The van der Waals surface area contributed by atoms with E-state index in [4.69, 9.17) is 6.42 Å². The van der Waals surface area contributed by atoms with Crippen molar-refractivity contribution in [3.8, 4) is 12.3 Å². The van der Waals surface area contributed by atoms with Crippen molar-refractivity contribution in [3.05, 3.63) is 63.4 Å². The smallest absolute Gasteiger partial charge is 0.259 e. The zero-order valence-electron chi connectivity index (χ0n) is 14.9. The summed E-state index contributed by atoms with van der Waals surface area (Å²) < 4.78 is 3.21. The number of hydrogen-bond acceptors (Lipinski definition) is 3. The molecule has 5 nitrogen and oxygen atoms in total. The summed E-state index contributed by atoms with van der Waals surface area (Å²) in [6.45, 7) is 2.64. The van der Waals surface area contributed by atoms with Gasteiger partial charge in [0.1, 0.15) is 0 Å². The van der Waals surface area contributed by atoms with Crippen LogP contribution >= 0.6 is 22.6 Å². The number of amides is 1. The van der Waals surface area contributed by atoms with Gasteiger partial charge < -0.3 is 9.88 Å². The lowest BCUT2D eigenvalue weighted by Crippen LogP contribution is -2.25. The van der Waals surface area contributed by atoms with Crippen LogP contribution in [0.1, 0.15) is 11.3 Å². The minimum Gasteiger partial charge on any atom is -0.376 e. The lowest BCUT2D eigenvalue weighted by molar-refractivity contribution is -0.119. The van der Waals surface area contributed by atoms with Crippen LogP contribution in [-0.4, -0.2) is 23.2 Å². The fourth-order valence-corrected chi connectivity index (χ4v) is 3.23. The first-order chi connectivity index (χ1) is 13.1. The second kappa shape index (κ2) is 8.73. The summed E-state index contributed by atoms with van der Waals surface area (Å²) in [6, 6.07) is 15.8. The van der Waals surface area contributed by atoms with E-state index < -0.39 is 0 Å². The monoisotopic (exact) mass is 470 g/mol. The Morgan fingerprint density at radius 3 is 2.74 bits per heavy atom. The van der Waals surface area contributed by atoms with Gasteiger partial charge in [-0.15, -0.1) is 6.42 Å². The second-order valence-electron chi connectivity index (χ2n) is 5.96. The maximum Gasteiger partial charge on any atom is 0.259 e. The third-order valence-electron chi connectivity index (χ3n) is 4.21. The molecule has 6 heteroatoms. The second-order valence-corrected chi connectivity index (χ2v) is 7.21. The Kier molecular flexibility index (Phi) is 6.14. The molecule has 0 aliphatic heterocycles. The number of carbonyl (C=O) groups is 1. The van der Waals surface area contributed by atoms with E-state index in [2.05, 4.69) is 48.9 Å². The number of nitrogens with zero attached hydrogens (tertiary/aromatic N) is 2. The van der Waals surface area contributed by atoms with Gasteiger partial charge >= 0.3 is 0 Å². The molecule has 0 saturated carbocycles. The topological polar surface area (TPSA) is 58.4 Å². The number of benzene rings is 2. The van der Waals surface area contributed by atoms with Crippen molar-refractivity contribution in [2.45, 2.75) is 13.5 Å². The van der Waals surface area contributed by atoms with Crippen LogP contribution in [0.2, 0.25) is 0 Å². The fourth-order valence-electron chi connectivity index (χ4n) is 2.87. The highest BCUT2D eigenvalue weighted by atomic mass is 127. The number of para-hydroxylation sites is 1. The summed E-state index contributed by atoms with van der Waals surface area (Å²) in [5.74, 6) is 2.47. The molecule has 0 unspecified atom stereocenters. The average Bonchev–Trinajstić information content (AvgIpc) is 2.94. The van der Waals surface area contributed by atoms with Crippen molar-refractivity contribution in [2.75, 3.05) is 11.9 Å². The molecule has 2 N–H and O–H groups in total. The van der Waals surface area contributed by atoms with Gasteiger partial charge in [-0.1, -0.05) is 24.1 Å². The minimum absolute atomic E-state index is 0.149. The number of hydrogen-bond donors (Lipinski definition) is 2. The molecule has 27 heavy (non-hydrogen) atoms. The first-order valence-corrected chi connectivity index (χ1v) is 9.50. The number of rotatable bonds is 6. The van der Waals surface area contributed by atoms with Gasteiger partial charge in [0.15, 0.2) is 0 Å². The van der Waals surface area contributed by atoms with Crippen LogP contribution < -0.4 is 10.7 Å². The molecule has 0 aliphatic rings. The van der Waals surface area contributed by atoms with Gasteiger partial charge in [-0.05, 0) is 59.8 Å². The van der Waals surface area contributed by atoms with Crippen molar-refractivity contribution in [2.24, 2.45) is 5.10 Å². The molecule has 3 aromatic rings. The van der Waals surface area contributed by atoms with Crippen LogP contribution in [0.5, 0.6) is 0 Å². The summed E-state index contributed by atoms with van der Waals surface area (Å²) in [5.41, 5.74) is 6.48. The Morgan fingerprint density at radius 2 is 2.00 bits per heavy atom. The van der Waals surface area contributed by atoms with Crippen molar-refractivity contribution >= 4 is 51.3 Å². The molecule has 0 fully saturated rings. The van der Waals surface area contributed by atoms with E-state index in [0.717, 1.165) is 31.4 Å². The van der Waals surface area contributed by atoms with Crippen LogP contribution in [0.15, 0.2) is 53.6 Å². The molecule has 0 atom stereocenters. The molecule has 0 saturated heterocycles. The highest BCUT2D eigenvalue weighted by Crippen LogP contribution is 2.24. The predicted molar refractivity (Wildman–Crippen MR) is 119 cm³/mol. The SMILES string of the molecule is C#CCn1c(C)c(/C=N\NC(=O)CNc2ccc(I)cc2)c2ccccc21. The highest BCUT2D eigenvalue weighted by molar-refractivity contribution is 14.1. The Morgan fingerprint density at radius 1 is 1.26 bits per heavy atom. The number of hydrazone groups is 1. The number of anilines is 1. The molecule has 0 aliphatic carbocycles. The van der Waals surface area contributed by atoms with E-state index in [-0.39, 0.29) is 12.5 Å². The predicted octanol–water partition coefficient (Wildman–Crippen LogP) is 3.75. The van der Waals surface area contributed by atoms with Crippen LogP contribution in [0.25, 0.3) is 10.9 Å². The van der Waals surface area contributed by atoms with E-state index in [0.29, 0.717) is 6.54 Å². The van der Waals surface area contributed by atoms with Crippen molar-refractivity contribution in [1.29, 1.82) is 0 Å². The van der Waals surface area contributed by atoms with Gasteiger partial charge in [0.2, 0.25) is 0 Å². The van der Waals surface area contributed by atoms with Gasteiger partial charge in [-0.2, -0.15) is 5.10 Å². The van der Waals surface area contributed by atoms with Gasteiger partial charge in [0.25, 0.3) is 5.91 Å². The summed E-state index contributed by atoms with van der Waals surface area (Å²) in [5, 5.41) is 8.24. The number of aromatic nitrogens is 1. The van der Waals surface area contributed by atoms with Gasteiger partial charge in [-0.25, -0.2) is 5.43 Å². The van der Waals surface area contributed by atoms with Crippen molar-refractivity contribution < 1.29 is 4.79 Å². The van der Waals surface area contributed by atoms with E-state index in [1.807, 2.05) is 55.5 Å². The first kappa shape index (κ1) is 19.0. The molecule has 136 valence electrons. The van der Waals surface area contributed by atoms with Gasteiger partial charge in [0, 0.05) is 31.4 Å². The zero-order valence-corrected chi connectivity index (χ0v) is 17.0. The van der Waals surface area contributed by atoms with Crippen LogP contribution in [-0.2, 0) is 11.3 Å². The molecular formula is C21H19IN4O. The summed E-state index contributed by atoms with van der Waals surface area (Å²) in [4.78, 5) is 12.0. The van der Waals surface area contributed by atoms with Crippen LogP contribution in [0.3, 0.4) is 0 Å². The third-order valence-corrected chi connectivity index (χ3v) is 4.93. The van der Waals surface area contributed by atoms with Gasteiger partial charge in [0.05, 0.1) is 19.3 Å². The highest BCUT2D eigenvalue weighted by Gasteiger charge is 2.11. The van der Waals surface area contributed by atoms with E-state index in [1.54, 1.807) is 6.21 Å². The normalized spacial score (nSPS) is 10.9. The third kappa shape index (κ3) is 4.49. The molecule has 1 amide bonds. The minimum atomic E-state index is -0.213. The number of halogens is 1. The molecule has 3 rings (SSSR count). The number of fused-ring (bicyclic) bond motifs is 1. The maximum absolute atomic E-state index is 12.0. The average molecular weight is 470 g/mol. The molecule has 0 spiro atoms. The number of nitrogens with one attached hydrogen (secondary N) is 2. The van der Waals surface area contributed by atoms with Crippen molar-refractivity contribution in [1.82, 2.24) is 9.99 Å². The molecule has 2 aromatic carbocycles. The lowest BCUT2D eigenvalue weighted by Gasteiger charge is -2.05. The molecule has 1 aromatic heterocycles. The van der Waals surface area contributed by atoms with Gasteiger partial charge in [-0.3, -0.25) is 4.79 Å². The molecule has 0 bridgehead atoms. The molecule has 1 heterocycles. The zero-order chi connectivity index (χ0) is 19.2. The van der Waals surface area contributed by atoms with Crippen LogP contribution in [0.4, 0.5) is 5.69 Å². The number of terminal acetylenes is 1. The van der Waals surface area contributed by atoms with Crippen molar-refractivity contribution in [3.63, 3.8) is 0 Å². The Hall–Kier alpha value is -2.79. The molecular weight excluding hydrogens is 451 g/mol. The quantitative estimate of drug-likeness (QED) is 0.250. The van der Waals surface area contributed by atoms with E-state index in [9.17, 15) is 4.79 Å². The lowest BCUT2D eigenvalue weighted by atomic mass is 10.1. The Labute approximate surface area is 172 Å². The first-order valence-electron chi connectivity index (χ1n) is 8.43. The number of carbonyl (C=O) groups excluding carboxylic acids is 1. The van der Waals surface area contributed by atoms with Crippen LogP contribution in [0, 0.1) is 22.8 Å².